The van der Waals surface area contributed by atoms with Crippen LogP contribution in [0.15, 0.2) is 0 Å². The molecule has 0 aliphatic heterocycles. The van der Waals surface area contributed by atoms with E-state index in [4.69, 9.17) is 5.73 Å². The fourth-order valence-electron chi connectivity index (χ4n) is 1.20. The summed E-state index contributed by atoms with van der Waals surface area (Å²) in [6, 6.07) is 0. The summed E-state index contributed by atoms with van der Waals surface area (Å²) < 4.78 is 0. The van der Waals surface area contributed by atoms with E-state index < -0.39 is 0 Å². The second-order valence-corrected chi connectivity index (χ2v) is 3.68. The average Bonchev–Trinajstić information content (AvgIpc) is 2.32. The maximum Gasteiger partial charge on any atom is 0.148 e. The average molecular weight is 167 g/mol. The van der Waals surface area contributed by atoms with Crippen LogP contribution < -0.4 is 5.73 Å². The normalized spacial score (nSPS) is 13.8. The molecule has 0 saturated carbocycles. The smallest absolute Gasteiger partial charge is 0.148 e. The van der Waals surface area contributed by atoms with Crippen molar-refractivity contribution >= 4 is 5.82 Å². The van der Waals surface area contributed by atoms with E-state index >= 15 is 0 Å². The van der Waals surface area contributed by atoms with Gasteiger partial charge in [-0.3, -0.25) is 5.10 Å². The Morgan fingerprint density at radius 1 is 1.33 bits per heavy atom. The monoisotopic (exact) mass is 167 g/mol. The summed E-state index contributed by atoms with van der Waals surface area (Å²) in [7, 11) is 0. The van der Waals surface area contributed by atoms with Gasteiger partial charge in [0.15, 0.2) is 0 Å². The zero-order valence-corrected chi connectivity index (χ0v) is 8.18. The van der Waals surface area contributed by atoms with Gasteiger partial charge in [-0.1, -0.05) is 20.8 Å². The molecule has 3 N–H and O–H groups in total. The number of nitrogens with two attached hydrogens (primary N) is 1. The molecule has 0 aliphatic carbocycles. The lowest BCUT2D eigenvalue weighted by molar-refractivity contribution is 0.520. The van der Waals surface area contributed by atoms with Crippen molar-refractivity contribution in [2.45, 2.75) is 33.6 Å². The molecule has 3 heteroatoms. The van der Waals surface area contributed by atoms with Crippen LogP contribution in [-0.2, 0) is 0 Å². The van der Waals surface area contributed by atoms with Crippen LogP contribution in [0.5, 0.6) is 0 Å². The number of H-pyrrole nitrogens is 1. The van der Waals surface area contributed by atoms with Gasteiger partial charge in [-0.25, -0.2) is 0 Å². The molecule has 0 bridgehead atoms. The quantitative estimate of drug-likeness (QED) is 0.708. The van der Waals surface area contributed by atoms with Gasteiger partial charge < -0.3 is 5.73 Å². The molecule has 1 rings (SSSR count). The van der Waals surface area contributed by atoms with Crippen molar-refractivity contribution in [1.82, 2.24) is 10.2 Å². The molecule has 3 nitrogen and oxygen atoms in total. The van der Waals surface area contributed by atoms with Gasteiger partial charge in [0.1, 0.15) is 5.82 Å². The molecular weight excluding hydrogens is 150 g/mol. The first-order chi connectivity index (χ1) is 5.54. The maximum absolute atomic E-state index is 5.64. The standard InChI is InChI=1S/C9H17N3/c1-5(2)6(3)8-7(4)9(10)12-11-8/h5-6H,1-4H3,(H3,10,11,12). The SMILES string of the molecule is Cc1c(N)n[nH]c1C(C)C(C)C. The predicted molar refractivity (Wildman–Crippen MR) is 51.0 cm³/mol. The third kappa shape index (κ3) is 1.44. The second-order valence-electron chi connectivity index (χ2n) is 3.68. The highest BCUT2D eigenvalue weighted by Gasteiger charge is 2.15. The topological polar surface area (TPSA) is 54.7 Å². The molecule has 1 atom stereocenters. The zero-order valence-electron chi connectivity index (χ0n) is 8.18. The molecule has 0 radical (unpaired) electrons. The summed E-state index contributed by atoms with van der Waals surface area (Å²) >= 11 is 0. The molecular formula is C9H17N3. The van der Waals surface area contributed by atoms with Gasteiger partial charge in [0.05, 0.1) is 0 Å². The van der Waals surface area contributed by atoms with Crippen LogP contribution in [0.1, 0.15) is 37.9 Å². The van der Waals surface area contributed by atoms with Crippen molar-refractivity contribution in [2.75, 3.05) is 5.73 Å². The van der Waals surface area contributed by atoms with Crippen molar-refractivity contribution in [1.29, 1.82) is 0 Å². The fraction of sp³-hybridized carbons (Fsp3) is 0.667. The van der Waals surface area contributed by atoms with Gasteiger partial charge in [0.2, 0.25) is 0 Å². The van der Waals surface area contributed by atoms with Crippen LogP contribution in [0, 0.1) is 12.8 Å². The summed E-state index contributed by atoms with van der Waals surface area (Å²) in [4.78, 5) is 0. The summed E-state index contributed by atoms with van der Waals surface area (Å²) in [5.41, 5.74) is 7.90. The summed E-state index contributed by atoms with van der Waals surface area (Å²) in [5.74, 6) is 1.73. The molecule has 0 fully saturated rings. The Morgan fingerprint density at radius 2 is 1.92 bits per heavy atom. The van der Waals surface area contributed by atoms with Crippen molar-refractivity contribution in [2.24, 2.45) is 5.92 Å². The summed E-state index contributed by atoms with van der Waals surface area (Å²) in [5, 5.41) is 6.95. The van der Waals surface area contributed by atoms with E-state index in [-0.39, 0.29) is 0 Å². The highest BCUT2D eigenvalue weighted by molar-refractivity contribution is 5.41. The highest BCUT2D eigenvalue weighted by Crippen LogP contribution is 2.26. The second kappa shape index (κ2) is 3.17. The number of hydrogen-bond donors (Lipinski definition) is 2. The van der Waals surface area contributed by atoms with Crippen LogP contribution in [0.4, 0.5) is 5.82 Å². The Labute approximate surface area is 73.4 Å². The number of anilines is 1. The maximum atomic E-state index is 5.64. The molecule has 1 unspecified atom stereocenters. The first-order valence-electron chi connectivity index (χ1n) is 4.34. The Morgan fingerprint density at radius 3 is 2.25 bits per heavy atom. The van der Waals surface area contributed by atoms with Gasteiger partial charge in [-0.2, -0.15) is 5.10 Å². The van der Waals surface area contributed by atoms with Crippen molar-refractivity contribution < 1.29 is 0 Å². The number of nitrogen functional groups attached to an aromatic ring is 1. The molecule has 0 amide bonds. The van der Waals surface area contributed by atoms with E-state index in [1.54, 1.807) is 0 Å². The van der Waals surface area contributed by atoms with E-state index in [1.807, 2.05) is 6.92 Å². The van der Waals surface area contributed by atoms with E-state index in [1.165, 1.54) is 5.69 Å². The Balaban J connectivity index is 2.95. The minimum atomic E-state index is 0.495. The molecule has 0 aliphatic rings. The Hall–Kier alpha value is -0.990. The molecule has 12 heavy (non-hydrogen) atoms. The van der Waals surface area contributed by atoms with Crippen LogP contribution in [0.2, 0.25) is 0 Å². The first-order valence-corrected chi connectivity index (χ1v) is 4.34. The van der Waals surface area contributed by atoms with Gasteiger partial charge in [0.25, 0.3) is 0 Å². The Kier molecular flexibility index (Phi) is 2.40. The summed E-state index contributed by atoms with van der Waals surface area (Å²) in [6.45, 7) is 8.58. The third-order valence-electron chi connectivity index (χ3n) is 2.54. The molecule has 1 heterocycles. The van der Waals surface area contributed by atoms with Crippen LogP contribution >= 0.6 is 0 Å². The van der Waals surface area contributed by atoms with Crippen LogP contribution in [0.3, 0.4) is 0 Å². The van der Waals surface area contributed by atoms with E-state index in [9.17, 15) is 0 Å². The van der Waals surface area contributed by atoms with Gasteiger partial charge >= 0.3 is 0 Å². The van der Waals surface area contributed by atoms with Crippen molar-refractivity contribution in [3.63, 3.8) is 0 Å². The van der Waals surface area contributed by atoms with Gasteiger partial charge in [-0.05, 0) is 12.8 Å². The lowest BCUT2D eigenvalue weighted by Gasteiger charge is -2.14. The molecule has 68 valence electrons. The number of hydrogen-bond acceptors (Lipinski definition) is 2. The predicted octanol–water partition coefficient (Wildman–Crippen LogP) is 2.06. The lowest BCUT2D eigenvalue weighted by atomic mass is 9.93. The van der Waals surface area contributed by atoms with Gasteiger partial charge in [0, 0.05) is 17.2 Å². The lowest BCUT2D eigenvalue weighted by Crippen LogP contribution is -2.04. The first kappa shape index (κ1) is 9.10. The van der Waals surface area contributed by atoms with E-state index in [0.29, 0.717) is 17.7 Å². The molecule has 1 aromatic heterocycles. The fourth-order valence-corrected chi connectivity index (χ4v) is 1.20. The highest BCUT2D eigenvalue weighted by atomic mass is 15.2. The number of nitrogens with one attached hydrogen (secondary N) is 1. The van der Waals surface area contributed by atoms with Crippen molar-refractivity contribution in [3.8, 4) is 0 Å². The van der Waals surface area contributed by atoms with Crippen LogP contribution in [0.25, 0.3) is 0 Å². The largest absolute Gasteiger partial charge is 0.382 e. The number of rotatable bonds is 2. The van der Waals surface area contributed by atoms with Gasteiger partial charge in [-0.15, -0.1) is 0 Å². The molecule has 1 aromatic rings. The molecule has 0 aromatic carbocycles. The number of aromatic nitrogens is 2. The zero-order chi connectivity index (χ0) is 9.30. The minimum Gasteiger partial charge on any atom is -0.382 e. The minimum absolute atomic E-state index is 0.495. The molecule has 0 spiro atoms. The number of aromatic amines is 1. The molecule has 0 saturated heterocycles. The van der Waals surface area contributed by atoms with Crippen molar-refractivity contribution in [3.05, 3.63) is 11.3 Å². The van der Waals surface area contributed by atoms with Crippen LogP contribution in [-0.4, -0.2) is 10.2 Å². The third-order valence-corrected chi connectivity index (χ3v) is 2.54. The Bertz CT molecular complexity index is 263. The van der Waals surface area contributed by atoms with E-state index in [2.05, 4.69) is 31.0 Å². The number of nitrogens with zero attached hydrogens (tertiary/aromatic N) is 1. The summed E-state index contributed by atoms with van der Waals surface area (Å²) in [6.07, 6.45) is 0. The van der Waals surface area contributed by atoms with E-state index in [0.717, 1.165) is 5.56 Å².